The normalized spacial score (nSPS) is 10.8. The van der Waals surface area contributed by atoms with E-state index in [0.29, 0.717) is 38.9 Å². The first-order chi connectivity index (χ1) is 12.0. The van der Waals surface area contributed by atoms with Crippen LogP contribution in [0, 0.1) is 0 Å². The summed E-state index contributed by atoms with van der Waals surface area (Å²) >= 11 is 17.0. The van der Waals surface area contributed by atoms with Crippen molar-refractivity contribution in [2.75, 3.05) is 18.2 Å². The summed E-state index contributed by atoms with van der Waals surface area (Å²) in [6, 6.07) is 12.8. The van der Waals surface area contributed by atoms with E-state index in [-0.39, 0.29) is 0 Å². The largest absolute Gasteiger partial charge is 0.493 e. The van der Waals surface area contributed by atoms with Crippen molar-refractivity contribution in [2.24, 2.45) is 0 Å². The molecular weight excluding hydrogens is 447 g/mol. The quantitative estimate of drug-likeness (QED) is 0.322. The predicted octanol–water partition coefficient (Wildman–Crippen LogP) is 4.90. The summed E-state index contributed by atoms with van der Waals surface area (Å²) in [5.41, 5.74) is 0.641. The van der Waals surface area contributed by atoms with E-state index in [1.807, 2.05) is 24.3 Å². The number of ether oxygens (including phenoxy) is 1. The number of halogens is 3. The van der Waals surface area contributed by atoms with Gasteiger partial charge in [0, 0.05) is 20.8 Å². The number of benzene rings is 2. The van der Waals surface area contributed by atoms with Crippen molar-refractivity contribution in [1.29, 1.82) is 0 Å². The van der Waals surface area contributed by atoms with Crippen molar-refractivity contribution in [1.82, 2.24) is 14.9 Å². The Hall–Kier alpha value is -1.41. The van der Waals surface area contributed by atoms with E-state index in [1.54, 1.807) is 18.2 Å². The molecule has 0 aliphatic carbocycles. The number of nitrogens with two attached hydrogens (primary N) is 1. The summed E-state index contributed by atoms with van der Waals surface area (Å²) < 4.78 is 8.09. The molecule has 0 aliphatic rings. The third-order valence-corrected chi connectivity index (χ3v) is 5.23. The summed E-state index contributed by atoms with van der Waals surface area (Å²) in [6.07, 6.45) is 0. The van der Waals surface area contributed by atoms with Crippen molar-refractivity contribution < 1.29 is 4.74 Å². The van der Waals surface area contributed by atoms with Gasteiger partial charge < -0.3 is 10.6 Å². The van der Waals surface area contributed by atoms with E-state index in [2.05, 4.69) is 26.1 Å². The average molecular weight is 460 g/mol. The second-order valence-electron chi connectivity index (χ2n) is 4.95. The molecule has 0 amide bonds. The van der Waals surface area contributed by atoms with Gasteiger partial charge in [-0.25, -0.2) is 4.68 Å². The molecule has 0 atom stereocenters. The second kappa shape index (κ2) is 8.31. The van der Waals surface area contributed by atoms with Crippen LogP contribution < -0.4 is 10.6 Å². The van der Waals surface area contributed by atoms with E-state index in [0.717, 1.165) is 10.2 Å². The molecule has 0 bridgehead atoms. The Kier molecular flexibility index (Phi) is 6.11. The highest BCUT2D eigenvalue weighted by molar-refractivity contribution is 9.10. The van der Waals surface area contributed by atoms with Gasteiger partial charge in [-0.15, -0.1) is 10.2 Å². The van der Waals surface area contributed by atoms with Crippen LogP contribution in [0.25, 0.3) is 11.4 Å². The number of nitrogens with zero attached hydrogens (tertiary/aromatic N) is 3. The monoisotopic (exact) mass is 458 g/mol. The Balaban J connectivity index is 1.61. The van der Waals surface area contributed by atoms with Gasteiger partial charge in [0.05, 0.1) is 11.6 Å². The second-order valence-corrected chi connectivity index (χ2v) is 7.77. The van der Waals surface area contributed by atoms with Crippen molar-refractivity contribution >= 4 is 50.9 Å². The number of hydrogen-bond acceptors (Lipinski definition) is 5. The molecule has 9 heteroatoms. The zero-order chi connectivity index (χ0) is 17.8. The zero-order valence-electron chi connectivity index (χ0n) is 12.8. The first-order valence-corrected chi connectivity index (χ1v) is 9.75. The molecule has 2 aromatic carbocycles. The smallest absolute Gasteiger partial charge is 0.210 e. The Labute approximate surface area is 167 Å². The summed E-state index contributed by atoms with van der Waals surface area (Å²) in [5, 5.41) is 9.86. The zero-order valence-corrected chi connectivity index (χ0v) is 16.7. The van der Waals surface area contributed by atoms with Crippen LogP contribution in [-0.4, -0.2) is 27.2 Å². The summed E-state index contributed by atoms with van der Waals surface area (Å²) in [7, 11) is 0. The predicted molar refractivity (Wildman–Crippen MR) is 106 cm³/mol. The summed E-state index contributed by atoms with van der Waals surface area (Å²) in [6.45, 7) is 0.520. The van der Waals surface area contributed by atoms with Gasteiger partial charge >= 0.3 is 0 Å². The molecule has 0 radical (unpaired) electrons. The average Bonchev–Trinajstić information content (AvgIpc) is 2.96. The SMILES string of the molecule is Nn1c(SCCOc2ccc(Br)cc2)nnc1-c1cc(Cl)ccc1Cl. The number of rotatable bonds is 6. The molecule has 25 heavy (non-hydrogen) atoms. The Morgan fingerprint density at radius 1 is 1.12 bits per heavy atom. The van der Waals surface area contributed by atoms with Gasteiger partial charge in [0.15, 0.2) is 5.82 Å². The minimum Gasteiger partial charge on any atom is -0.493 e. The third-order valence-electron chi connectivity index (χ3n) is 3.23. The Morgan fingerprint density at radius 3 is 2.64 bits per heavy atom. The highest BCUT2D eigenvalue weighted by atomic mass is 79.9. The van der Waals surface area contributed by atoms with Gasteiger partial charge in [-0.3, -0.25) is 0 Å². The van der Waals surface area contributed by atoms with Crippen LogP contribution >= 0.6 is 50.9 Å². The van der Waals surface area contributed by atoms with E-state index < -0.39 is 0 Å². The Bertz CT molecular complexity index is 873. The first-order valence-electron chi connectivity index (χ1n) is 7.21. The summed E-state index contributed by atoms with van der Waals surface area (Å²) in [4.78, 5) is 0. The molecule has 0 saturated carbocycles. The van der Waals surface area contributed by atoms with Crippen LogP contribution in [0.15, 0.2) is 52.1 Å². The van der Waals surface area contributed by atoms with Gasteiger partial charge in [-0.05, 0) is 42.5 Å². The van der Waals surface area contributed by atoms with E-state index in [1.165, 1.54) is 16.4 Å². The number of aromatic nitrogens is 3. The minimum atomic E-state index is 0.462. The molecule has 0 fully saturated rings. The molecule has 0 unspecified atom stereocenters. The lowest BCUT2D eigenvalue weighted by molar-refractivity contribution is 0.344. The molecule has 0 spiro atoms. The number of thioether (sulfide) groups is 1. The molecule has 5 nitrogen and oxygen atoms in total. The maximum Gasteiger partial charge on any atom is 0.210 e. The highest BCUT2D eigenvalue weighted by Crippen LogP contribution is 2.30. The molecule has 0 aliphatic heterocycles. The maximum atomic E-state index is 6.19. The topological polar surface area (TPSA) is 66.0 Å². The van der Waals surface area contributed by atoms with Gasteiger partial charge in [-0.2, -0.15) is 0 Å². The van der Waals surface area contributed by atoms with Gasteiger partial charge in [0.1, 0.15) is 5.75 Å². The van der Waals surface area contributed by atoms with E-state index in [9.17, 15) is 0 Å². The fourth-order valence-corrected chi connectivity index (χ4v) is 3.36. The third kappa shape index (κ3) is 4.61. The molecule has 3 rings (SSSR count). The Morgan fingerprint density at radius 2 is 1.88 bits per heavy atom. The van der Waals surface area contributed by atoms with Crippen molar-refractivity contribution in [3.8, 4) is 17.1 Å². The molecule has 1 heterocycles. The number of nitrogen functional groups attached to an aromatic ring is 1. The fraction of sp³-hybridized carbons (Fsp3) is 0.125. The van der Waals surface area contributed by atoms with Crippen molar-refractivity contribution in [2.45, 2.75) is 5.16 Å². The van der Waals surface area contributed by atoms with Gasteiger partial charge in [-0.1, -0.05) is 50.9 Å². The lowest BCUT2D eigenvalue weighted by Crippen LogP contribution is -2.12. The minimum absolute atomic E-state index is 0.462. The van der Waals surface area contributed by atoms with E-state index in [4.69, 9.17) is 33.8 Å². The first kappa shape index (κ1) is 18.4. The molecule has 130 valence electrons. The van der Waals surface area contributed by atoms with Crippen LogP contribution in [0.4, 0.5) is 0 Å². The molecule has 2 N–H and O–H groups in total. The molecule has 3 aromatic rings. The van der Waals surface area contributed by atoms with Crippen molar-refractivity contribution in [3.05, 3.63) is 57.0 Å². The molecular formula is C16H13BrCl2N4OS. The van der Waals surface area contributed by atoms with Crippen LogP contribution in [-0.2, 0) is 0 Å². The van der Waals surface area contributed by atoms with Crippen LogP contribution in [0.5, 0.6) is 5.75 Å². The highest BCUT2D eigenvalue weighted by Gasteiger charge is 2.15. The summed E-state index contributed by atoms with van der Waals surface area (Å²) in [5.74, 6) is 8.03. The molecule has 0 saturated heterocycles. The lowest BCUT2D eigenvalue weighted by Gasteiger charge is -2.07. The van der Waals surface area contributed by atoms with E-state index >= 15 is 0 Å². The van der Waals surface area contributed by atoms with Crippen LogP contribution in [0.1, 0.15) is 0 Å². The standard InChI is InChI=1S/C16H13BrCl2N4OS/c17-10-1-4-12(5-2-10)24-7-8-25-16-22-21-15(23(16)20)13-9-11(18)3-6-14(13)19/h1-6,9H,7-8,20H2. The van der Waals surface area contributed by atoms with Crippen LogP contribution in [0.2, 0.25) is 10.0 Å². The maximum absolute atomic E-state index is 6.19. The molecule has 1 aromatic heterocycles. The van der Waals surface area contributed by atoms with Crippen molar-refractivity contribution in [3.63, 3.8) is 0 Å². The van der Waals surface area contributed by atoms with Gasteiger partial charge in [0.25, 0.3) is 0 Å². The van der Waals surface area contributed by atoms with Gasteiger partial charge in [0.2, 0.25) is 5.16 Å². The lowest BCUT2D eigenvalue weighted by atomic mass is 10.2. The number of hydrogen-bond donors (Lipinski definition) is 1. The fourth-order valence-electron chi connectivity index (χ4n) is 2.05. The van der Waals surface area contributed by atoms with Crippen LogP contribution in [0.3, 0.4) is 0 Å².